The highest BCUT2D eigenvalue weighted by atomic mass is 16.1. The molecule has 1 fully saturated rings. The zero-order valence-electron chi connectivity index (χ0n) is 8.96. The fourth-order valence-electron chi connectivity index (χ4n) is 1.98. The molecule has 0 aromatic rings. The van der Waals surface area contributed by atoms with Crippen molar-refractivity contribution >= 4 is 5.91 Å². The summed E-state index contributed by atoms with van der Waals surface area (Å²) in [5.41, 5.74) is 5.71. The van der Waals surface area contributed by atoms with Crippen LogP contribution in [0.4, 0.5) is 0 Å². The number of carbonyl (C=O) groups is 1. The van der Waals surface area contributed by atoms with E-state index in [1.807, 2.05) is 0 Å². The lowest BCUT2D eigenvalue weighted by molar-refractivity contribution is -0.122. The Morgan fingerprint density at radius 1 is 1.50 bits per heavy atom. The standard InChI is InChI=1S/C10H21N3O/c1-12-10(14)8-13-6-4-2-3-5-9(13)7-11/h9H,2-8,11H2,1H3,(H,12,14). The van der Waals surface area contributed by atoms with E-state index in [1.54, 1.807) is 7.05 Å². The summed E-state index contributed by atoms with van der Waals surface area (Å²) in [6, 6.07) is 0.398. The summed E-state index contributed by atoms with van der Waals surface area (Å²) in [5, 5.41) is 2.66. The second kappa shape index (κ2) is 5.98. The van der Waals surface area contributed by atoms with E-state index in [2.05, 4.69) is 10.2 Å². The van der Waals surface area contributed by atoms with Crippen LogP contribution in [-0.2, 0) is 4.79 Å². The minimum absolute atomic E-state index is 0.0883. The van der Waals surface area contributed by atoms with Gasteiger partial charge in [0, 0.05) is 19.6 Å². The van der Waals surface area contributed by atoms with Crippen LogP contribution in [-0.4, -0.2) is 43.5 Å². The highest BCUT2D eigenvalue weighted by molar-refractivity contribution is 5.77. The van der Waals surface area contributed by atoms with Gasteiger partial charge >= 0.3 is 0 Å². The average molecular weight is 199 g/mol. The van der Waals surface area contributed by atoms with Gasteiger partial charge in [0.05, 0.1) is 6.54 Å². The van der Waals surface area contributed by atoms with Crippen molar-refractivity contribution in [1.82, 2.24) is 10.2 Å². The van der Waals surface area contributed by atoms with E-state index < -0.39 is 0 Å². The third-order valence-corrected chi connectivity index (χ3v) is 2.90. The van der Waals surface area contributed by atoms with Gasteiger partial charge in [0.15, 0.2) is 0 Å². The van der Waals surface area contributed by atoms with Gasteiger partial charge in [-0.15, -0.1) is 0 Å². The Morgan fingerprint density at radius 2 is 2.29 bits per heavy atom. The van der Waals surface area contributed by atoms with Crippen molar-refractivity contribution < 1.29 is 4.79 Å². The van der Waals surface area contributed by atoms with Crippen LogP contribution >= 0.6 is 0 Å². The lowest BCUT2D eigenvalue weighted by atomic mass is 10.1. The Labute approximate surface area is 85.8 Å². The van der Waals surface area contributed by atoms with Gasteiger partial charge in [-0.2, -0.15) is 0 Å². The van der Waals surface area contributed by atoms with Crippen molar-refractivity contribution in [3.8, 4) is 0 Å². The summed E-state index contributed by atoms with van der Waals surface area (Å²) >= 11 is 0. The predicted octanol–water partition coefficient (Wildman–Crippen LogP) is -0.0643. The third kappa shape index (κ3) is 3.27. The zero-order chi connectivity index (χ0) is 10.4. The molecule has 0 aromatic carbocycles. The van der Waals surface area contributed by atoms with Gasteiger partial charge in [-0.25, -0.2) is 0 Å². The molecule has 1 aliphatic rings. The molecule has 1 unspecified atom stereocenters. The maximum Gasteiger partial charge on any atom is 0.233 e. The van der Waals surface area contributed by atoms with E-state index in [0.29, 0.717) is 19.1 Å². The summed E-state index contributed by atoms with van der Waals surface area (Å²) in [7, 11) is 1.68. The minimum atomic E-state index is 0.0883. The average Bonchev–Trinajstić information content (AvgIpc) is 2.42. The molecule has 0 saturated carbocycles. The first kappa shape index (κ1) is 11.5. The molecule has 3 N–H and O–H groups in total. The fraction of sp³-hybridized carbons (Fsp3) is 0.900. The lowest BCUT2D eigenvalue weighted by Gasteiger charge is -2.27. The number of likely N-dealkylation sites (N-methyl/N-ethyl adjacent to an activating group) is 1. The van der Waals surface area contributed by atoms with Crippen molar-refractivity contribution in [2.45, 2.75) is 31.7 Å². The van der Waals surface area contributed by atoms with Crippen molar-refractivity contribution in [2.75, 3.05) is 26.7 Å². The number of amides is 1. The smallest absolute Gasteiger partial charge is 0.233 e. The van der Waals surface area contributed by atoms with Gasteiger partial charge in [0.1, 0.15) is 0 Å². The Hall–Kier alpha value is -0.610. The van der Waals surface area contributed by atoms with E-state index in [-0.39, 0.29) is 5.91 Å². The SMILES string of the molecule is CNC(=O)CN1CCCCCC1CN. The number of rotatable bonds is 3. The molecule has 4 heteroatoms. The molecule has 0 bridgehead atoms. The van der Waals surface area contributed by atoms with Crippen LogP contribution in [0.25, 0.3) is 0 Å². The predicted molar refractivity (Wildman–Crippen MR) is 57.0 cm³/mol. The van der Waals surface area contributed by atoms with Crippen LogP contribution in [0.15, 0.2) is 0 Å². The molecule has 0 spiro atoms. The Kier molecular flexibility index (Phi) is 4.90. The maximum atomic E-state index is 11.3. The number of likely N-dealkylation sites (tertiary alicyclic amines) is 1. The van der Waals surface area contributed by atoms with Crippen molar-refractivity contribution in [3.63, 3.8) is 0 Å². The van der Waals surface area contributed by atoms with Crippen molar-refractivity contribution in [2.24, 2.45) is 5.73 Å². The third-order valence-electron chi connectivity index (χ3n) is 2.90. The Balaban J connectivity index is 2.47. The van der Waals surface area contributed by atoms with Crippen LogP contribution in [0, 0.1) is 0 Å². The topological polar surface area (TPSA) is 58.4 Å². The van der Waals surface area contributed by atoms with Gasteiger partial charge < -0.3 is 11.1 Å². The second-order valence-corrected chi connectivity index (χ2v) is 3.88. The van der Waals surface area contributed by atoms with E-state index in [4.69, 9.17) is 5.73 Å². The van der Waals surface area contributed by atoms with Crippen molar-refractivity contribution in [1.29, 1.82) is 0 Å². The van der Waals surface area contributed by atoms with Crippen LogP contribution in [0.1, 0.15) is 25.7 Å². The van der Waals surface area contributed by atoms with Gasteiger partial charge in [-0.1, -0.05) is 12.8 Å². The van der Waals surface area contributed by atoms with Gasteiger partial charge in [-0.3, -0.25) is 9.69 Å². The van der Waals surface area contributed by atoms with Crippen LogP contribution < -0.4 is 11.1 Å². The van der Waals surface area contributed by atoms with E-state index >= 15 is 0 Å². The number of nitrogens with two attached hydrogens (primary N) is 1. The molecular weight excluding hydrogens is 178 g/mol. The summed E-state index contributed by atoms with van der Waals surface area (Å²) in [4.78, 5) is 13.5. The molecule has 1 saturated heterocycles. The quantitative estimate of drug-likeness (QED) is 0.669. The molecular formula is C10H21N3O. The van der Waals surface area contributed by atoms with E-state index in [1.165, 1.54) is 19.3 Å². The summed E-state index contributed by atoms with van der Waals surface area (Å²) < 4.78 is 0. The van der Waals surface area contributed by atoms with Crippen LogP contribution in [0.5, 0.6) is 0 Å². The van der Waals surface area contributed by atoms with Gasteiger partial charge in [0.25, 0.3) is 0 Å². The monoisotopic (exact) mass is 199 g/mol. The molecule has 1 rings (SSSR count). The fourth-order valence-corrected chi connectivity index (χ4v) is 1.98. The minimum Gasteiger partial charge on any atom is -0.358 e. The first-order chi connectivity index (χ1) is 6.77. The second-order valence-electron chi connectivity index (χ2n) is 3.88. The molecule has 1 atom stereocenters. The molecule has 0 radical (unpaired) electrons. The highest BCUT2D eigenvalue weighted by Crippen LogP contribution is 2.15. The Bertz CT molecular complexity index is 184. The number of nitrogens with zero attached hydrogens (tertiary/aromatic N) is 1. The van der Waals surface area contributed by atoms with Gasteiger partial charge in [-0.05, 0) is 19.4 Å². The number of carbonyl (C=O) groups excluding carboxylic acids is 1. The van der Waals surface area contributed by atoms with E-state index in [9.17, 15) is 4.79 Å². The first-order valence-corrected chi connectivity index (χ1v) is 5.42. The molecule has 1 amide bonds. The van der Waals surface area contributed by atoms with Crippen LogP contribution in [0.3, 0.4) is 0 Å². The summed E-state index contributed by atoms with van der Waals surface area (Å²) in [6.45, 7) is 2.17. The van der Waals surface area contributed by atoms with E-state index in [0.717, 1.165) is 13.0 Å². The Morgan fingerprint density at radius 3 is 2.93 bits per heavy atom. The lowest BCUT2D eigenvalue weighted by Crippen LogP contribution is -2.45. The molecule has 82 valence electrons. The summed E-state index contributed by atoms with van der Waals surface area (Å²) in [5.74, 6) is 0.0883. The molecule has 4 nitrogen and oxygen atoms in total. The summed E-state index contributed by atoms with van der Waals surface area (Å²) in [6.07, 6.45) is 4.83. The highest BCUT2D eigenvalue weighted by Gasteiger charge is 2.20. The van der Waals surface area contributed by atoms with Gasteiger partial charge in [0.2, 0.25) is 5.91 Å². The number of nitrogens with one attached hydrogen (secondary N) is 1. The largest absolute Gasteiger partial charge is 0.358 e. The number of hydrogen-bond acceptors (Lipinski definition) is 3. The van der Waals surface area contributed by atoms with Crippen LogP contribution in [0.2, 0.25) is 0 Å². The first-order valence-electron chi connectivity index (χ1n) is 5.42. The molecule has 0 aromatic heterocycles. The molecule has 14 heavy (non-hydrogen) atoms. The molecule has 0 aliphatic carbocycles. The molecule has 1 heterocycles. The molecule has 1 aliphatic heterocycles. The van der Waals surface area contributed by atoms with Crippen molar-refractivity contribution in [3.05, 3.63) is 0 Å². The maximum absolute atomic E-state index is 11.3. The zero-order valence-corrected chi connectivity index (χ0v) is 8.96. The number of hydrogen-bond donors (Lipinski definition) is 2. The normalized spacial score (nSPS) is 24.3.